The predicted octanol–water partition coefficient (Wildman–Crippen LogP) is -1.88. The standard InChI is InChI=1S/C12H25NO6/c1-3-4-5-6-12(19,11(18)13-2)10(17)9(16)8(15)7-14/h8-10,14-17,19H,3-7H2,1-2H3,(H,13,18). The first-order valence-corrected chi connectivity index (χ1v) is 6.44. The molecule has 0 spiro atoms. The molecule has 0 heterocycles. The van der Waals surface area contributed by atoms with Crippen molar-refractivity contribution in [2.75, 3.05) is 13.7 Å². The van der Waals surface area contributed by atoms with Crippen LogP contribution in [0.3, 0.4) is 0 Å². The summed E-state index contributed by atoms with van der Waals surface area (Å²) in [4.78, 5) is 11.7. The molecule has 114 valence electrons. The van der Waals surface area contributed by atoms with Gasteiger partial charge in [-0.25, -0.2) is 0 Å². The van der Waals surface area contributed by atoms with Gasteiger partial charge in [0, 0.05) is 7.05 Å². The lowest BCUT2D eigenvalue weighted by Gasteiger charge is -2.35. The average Bonchev–Trinajstić information content (AvgIpc) is 2.43. The zero-order chi connectivity index (χ0) is 15.1. The maximum atomic E-state index is 11.7. The van der Waals surface area contributed by atoms with Crippen LogP contribution in [0, 0.1) is 0 Å². The number of hydrogen-bond donors (Lipinski definition) is 6. The van der Waals surface area contributed by atoms with Crippen molar-refractivity contribution in [1.82, 2.24) is 5.32 Å². The summed E-state index contributed by atoms with van der Waals surface area (Å²) in [7, 11) is 1.30. The van der Waals surface area contributed by atoms with E-state index >= 15 is 0 Å². The zero-order valence-corrected chi connectivity index (χ0v) is 11.4. The molecular weight excluding hydrogens is 254 g/mol. The predicted molar refractivity (Wildman–Crippen MR) is 68.3 cm³/mol. The number of nitrogens with one attached hydrogen (secondary N) is 1. The Balaban J connectivity index is 4.95. The first-order chi connectivity index (χ1) is 8.84. The summed E-state index contributed by atoms with van der Waals surface area (Å²) in [6, 6.07) is 0. The topological polar surface area (TPSA) is 130 Å². The zero-order valence-electron chi connectivity index (χ0n) is 11.4. The first-order valence-electron chi connectivity index (χ1n) is 6.44. The highest BCUT2D eigenvalue weighted by atomic mass is 16.4. The SMILES string of the molecule is CCCCCC(O)(C(=O)NC)C(O)C(O)C(O)CO. The van der Waals surface area contributed by atoms with Crippen LogP contribution in [0.5, 0.6) is 0 Å². The number of carbonyl (C=O) groups excluding carboxylic acids is 1. The van der Waals surface area contributed by atoms with Crippen molar-refractivity contribution in [2.45, 2.75) is 56.5 Å². The minimum absolute atomic E-state index is 0.0448. The van der Waals surface area contributed by atoms with E-state index in [1.54, 1.807) is 0 Å². The van der Waals surface area contributed by atoms with Crippen LogP contribution in [-0.2, 0) is 4.79 Å². The summed E-state index contributed by atoms with van der Waals surface area (Å²) in [5.74, 6) is -0.833. The van der Waals surface area contributed by atoms with Crippen LogP contribution in [0.4, 0.5) is 0 Å². The average molecular weight is 279 g/mol. The maximum Gasteiger partial charge on any atom is 0.254 e. The number of likely N-dealkylation sites (N-methyl/N-ethyl adjacent to an activating group) is 1. The normalized spacial score (nSPS) is 19.3. The Morgan fingerprint density at radius 2 is 1.84 bits per heavy atom. The molecule has 7 nitrogen and oxygen atoms in total. The molecule has 7 heteroatoms. The van der Waals surface area contributed by atoms with E-state index < -0.39 is 36.4 Å². The Morgan fingerprint density at radius 3 is 2.26 bits per heavy atom. The summed E-state index contributed by atoms with van der Waals surface area (Å²) >= 11 is 0. The van der Waals surface area contributed by atoms with Gasteiger partial charge in [0.25, 0.3) is 5.91 Å². The molecule has 0 aromatic carbocycles. The van der Waals surface area contributed by atoms with Gasteiger partial charge in [0.15, 0.2) is 5.60 Å². The van der Waals surface area contributed by atoms with Crippen LogP contribution in [0.25, 0.3) is 0 Å². The monoisotopic (exact) mass is 279 g/mol. The van der Waals surface area contributed by atoms with E-state index in [1.165, 1.54) is 7.05 Å². The van der Waals surface area contributed by atoms with E-state index in [4.69, 9.17) is 5.11 Å². The van der Waals surface area contributed by atoms with Crippen LogP contribution in [0.1, 0.15) is 32.6 Å². The van der Waals surface area contributed by atoms with Crippen LogP contribution in [-0.4, -0.2) is 69.0 Å². The fourth-order valence-electron chi connectivity index (χ4n) is 1.86. The molecule has 0 aliphatic rings. The summed E-state index contributed by atoms with van der Waals surface area (Å²) in [6.45, 7) is 1.16. The van der Waals surface area contributed by atoms with Crippen molar-refractivity contribution in [3.63, 3.8) is 0 Å². The molecule has 0 saturated heterocycles. The third kappa shape index (κ3) is 4.70. The fourth-order valence-corrected chi connectivity index (χ4v) is 1.86. The van der Waals surface area contributed by atoms with Gasteiger partial charge in [0.2, 0.25) is 0 Å². The molecule has 0 aliphatic heterocycles. The molecule has 0 bridgehead atoms. The van der Waals surface area contributed by atoms with E-state index in [2.05, 4.69) is 5.32 Å². The van der Waals surface area contributed by atoms with Crippen molar-refractivity contribution in [2.24, 2.45) is 0 Å². The number of amides is 1. The molecule has 1 amide bonds. The van der Waals surface area contributed by atoms with Crippen molar-refractivity contribution < 1.29 is 30.3 Å². The van der Waals surface area contributed by atoms with Crippen molar-refractivity contribution in [1.29, 1.82) is 0 Å². The van der Waals surface area contributed by atoms with Crippen molar-refractivity contribution in [3.05, 3.63) is 0 Å². The summed E-state index contributed by atoms with van der Waals surface area (Å²) in [5, 5.41) is 50.0. The summed E-state index contributed by atoms with van der Waals surface area (Å²) < 4.78 is 0. The van der Waals surface area contributed by atoms with Gasteiger partial charge >= 0.3 is 0 Å². The van der Waals surface area contributed by atoms with E-state index in [0.29, 0.717) is 6.42 Å². The number of hydrogen-bond acceptors (Lipinski definition) is 6. The number of aliphatic hydroxyl groups excluding tert-OH is 4. The Bertz CT molecular complexity index is 275. The molecule has 6 N–H and O–H groups in total. The van der Waals surface area contributed by atoms with Crippen molar-refractivity contribution in [3.8, 4) is 0 Å². The highest BCUT2D eigenvalue weighted by Crippen LogP contribution is 2.23. The molecule has 0 radical (unpaired) electrons. The lowest BCUT2D eigenvalue weighted by atomic mass is 9.85. The largest absolute Gasteiger partial charge is 0.394 e. The van der Waals surface area contributed by atoms with Gasteiger partial charge in [0.1, 0.15) is 18.3 Å². The molecule has 19 heavy (non-hydrogen) atoms. The van der Waals surface area contributed by atoms with E-state index in [1.807, 2.05) is 6.92 Å². The third-order valence-electron chi connectivity index (χ3n) is 3.18. The van der Waals surface area contributed by atoms with Crippen LogP contribution >= 0.6 is 0 Å². The van der Waals surface area contributed by atoms with Gasteiger partial charge in [-0.1, -0.05) is 19.8 Å². The highest BCUT2D eigenvalue weighted by molar-refractivity contribution is 5.85. The fraction of sp³-hybridized carbons (Fsp3) is 0.917. The minimum Gasteiger partial charge on any atom is -0.394 e. The van der Waals surface area contributed by atoms with Crippen LogP contribution in [0.2, 0.25) is 0 Å². The Kier molecular flexibility index (Phi) is 8.12. The highest BCUT2D eigenvalue weighted by Gasteiger charge is 2.47. The summed E-state index contributed by atoms with van der Waals surface area (Å²) in [5.41, 5.74) is -2.19. The summed E-state index contributed by atoms with van der Waals surface area (Å²) in [6.07, 6.45) is -3.26. The Labute approximate surface area is 112 Å². The first kappa shape index (κ1) is 18.3. The van der Waals surface area contributed by atoms with E-state index in [0.717, 1.165) is 12.8 Å². The van der Waals surface area contributed by atoms with E-state index in [9.17, 15) is 25.2 Å². The second-order valence-electron chi connectivity index (χ2n) is 4.65. The molecule has 0 aromatic rings. The van der Waals surface area contributed by atoms with Crippen LogP contribution in [0.15, 0.2) is 0 Å². The Morgan fingerprint density at radius 1 is 1.26 bits per heavy atom. The van der Waals surface area contributed by atoms with Gasteiger partial charge in [-0.05, 0) is 12.8 Å². The second kappa shape index (κ2) is 8.44. The second-order valence-corrected chi connectivity index (χ2v) is 4.65. The molecule has 0 rings (SSSR count). The number of carbonyl (C=O) groups is 1. The molecule has 0 saturated carbocycles. The quantitative estimate of drug-likeness (QED) is 0.274. The lowest BCUT2D eigenvalue weighted by Crippen LogP contribution is -2.60. The number of rotatable bonds is 9. The van der Waals surface area contributed by atoms with Gasteiger partial charge < -0.3 is 30.8 Å². The number of aliphatic hydroxyl groups is 5. The molecular formula is C12H25NO6. The third-order valence-corrected chi connectivity index (χ3v) is 3.18. The van der Waals surface area contributed by atoms with Crippen molar-refractivity contribution >= 4 is 5.91 Å². The lowest BCUT2D eigenvalue weighted by molar-refractivity contribution is -0.178. The molecule has 4 atom stereocenters. The molecule has 0 fully saturated rings. The smallest absolute Gasteiger partial charge is 0.254 e. The van der Waals surface area contributed by atoms with Gasteiger partial charge in [-0.2, -0.15) is 0 Å². The molecule has 0 aromatic heterocycles. The molecule has 0 aliphatic carbocycles. The minimum atomic E-state index is -2.19. The number of unbranched alkanes of at least 4 members (excludes halogenated alkanes) is 2. The molecule has 4 unspecified atom stereocenters. The Hall–Kier alpha value is -0.730. The van der Waals surface area contributed by atoms with Gasteiger partial charge in [-0.15, -0.1) is 0 Å². The van der Waals surface area contributed by atoms with Gasteiger partial charge in [-0.3, -0.25) is 4.79 Å². The maximum absolute atomic E-state index is 11.7. The van der Waals surface area contributed by atoms with E-state index in [-0.39, 0.29) is 6.42 Å². The van der Waals surface area contributed by atoms with Crippen LogP contribution < -0.4 is 5.32 Å². The van der Waals surface area contributed by atoms with Gasteiger partial charge in [0.05, 0.1) is 6.61 Å².